The van der Waals surface area contributed by atoms with Crippen LogP contribution in [0.25, 0.3) is 0 Å². The molecule has 0 aromatic rings. The fraction of sp³-hybridized carbons (Fsp3) is 0.833. The van der Waals surface area contributed by atoms with Gasteiger partial charge in [0.15, 0.2) is 0 Å². The topological polar surface area (TPSA) is 75.4 Å². The third kappa shape index (κ3) is 3.70. The number of nitrogens with one attached hydrogen (secondary N) is 1. The van der Waals surface area contributed by atoms with Crippen LogP contribution >= 0.6 is 0 Å². The minimum absolute atomic E-state index is 0.0164. The van der Waals surface area contributed by atoms with Crippen molar-refractivity contribution >= 4 is 11.8 Å². The highest BCUT2D eigenvalue weighted by molar-refractivity contribution is 5.88. The minimum atomic E-state index is -0.443. The average molecular weight is 241 g/mol. The number of hydrogen-bond donors (Lipinski definition) is 2. The number of carbonyl (C=O) groups excluding carboxylic acids is 2. The third-order valence-corrected chi connectivity index (χ3v) is 3.30. The summed E-state index contributed by atoms with van der Waals surface area (Å²) in [5.41, 5.74) is 5.50. The average Bonchev–Trinajstić information content (AvgIpc) is 2.83. The first kappa shape index (κ1) is 14.0. The number of nitrogens with two attached hydrogens (primary N) is 1. The van der Waals surface area contributed by atoms with Gasteiger partial charge in [-0.15, -0.1) is 0 Å². The van der Waals surface area contributed by atoms with Crippen LogP contribution in [0.1, 0.15) is 33.1 Å². The molecule has 1 aliphatic rings. The summed E-state index contributed by atoms with van der Waals surface area (Å²) in [4.78, 5) is 25.5. The van der Waals surface area contributed by atoms with Gasteiger partial charge in [-0.1, -0.05) is 6.92 Å². The quantitative estimate of drug-likeness (QED) is 0.716. The molecule has 2 amide bonds. The maximum absolute atomic E-state index is 12.0. The van der Waals surface area contributed by atoms with Gasteiger partial charge in [-0.05, 0) is 26.2 Å². The van der Waals surface area contributed by atoms with Crippen LogP contribution in [-0.2, 0) is 9.59 Å². The van der Waals surface area contributed by atoms with Crippen LogP contribution in [0.15, 0.2) is 0 Å². The van der Waals surface area contributed by atoms with Crippen molar-refractivity contribution in [2.24, 2.45) is 11.7 Å². The van der Waals surface area contributed by atoms with Gasteiger partial charge in [-0.3, -0.25) is 9.59 Å². The second kappa shape index (κ2) is 6.59. The molecular weight excluding hydrogens is 218 g/mol. The van der Waals surface area contributed by atoms with E-state index in [4.69, 9.17) is 5.73 Å². The Hall–Kier alpha value is -1.10. The first-order chi connectivity index (χ1) is 8.10. The monoisotopic (exact) mass is 241 g/mol. The van der Waals surface area contributed by atoms with E-state index < -0.39 is 6.04 Å². The molecule has 2 unspecified atom stereocenters. The lowest BCUT2D eigenvalue weighted by Crippen LogP contribution is -2.48. The zero-order valence-electron chi connectivity index (χ0n) is 10.7. The molecule has 0 saturated carbocycles. The summed E-state index contributed by atoms with van der Waals surface area (Å²) in [5, 5.41) is 2.75. The van der Waals surface area contributed by atoms with Crippen molar-refractivity contribution in [3.63, 3.8) is 0 Å². The maximum Gasteiger partial charge on any atom is 0.244 e. The Morgan fingerprint density at radius 2 is 1.94 bits per heavy atom. The maximum atomic E-state index is 12.0. The lowest BCUT2D eigenvalue weighted by molar-refractivity contribution is -0.136. The molecule has 0 bridgehead atoms. The van der Waals surface area contributed by atoms with Crippen molar-refractivity contribution in [1.29, 1.82) is 0 Å². The van der Waals surface area contributed by atoms with E-state index in [0.717, 1.165) is 25.9 Å². The fourth-order valence-electron chi connectivity index (χ4n) is 2.06. The SMILES string of the molecule is CCC(CN)C(=O)NC(C)C(=O)N1CCCC1. The van der Waals surface area contributed by atoms with Crippen molar-refractivity contribution in [3.05, 3.63) is 0 Å². The molecule has 1 rings (SSSR count). The van der Waals surface area contributed by atoms with Crippen LogP contribution in [0.2, 0.25) is 0 Å². The highest BCUT2D eigenvalue weighted by Gasteiger charge is 2.25. The van der Waals surface area contributed by atoms with E-state index in [1.807, 2.05) is 11.8 Å². The van der Waals surface area contributed by atoms with Gasteiger partial charge in [0.25, 0.3) is 0 Å². The normalized spacial score (nSPS) is 18.9. The summed E-state index contributed by atoms with van der Waals surface area (Å²) in [7, 11) is 0. The van der Waals surface area contributed by atoms with Crippen LogP contribution in [0.4, 0.5) is 0 Å². The summed E-state index contributed by atoms with van der Waals surface area (Å²) in [6.45, 7) is 5.61. The molecule has 0 aromatic heterocycles. The molecule has 17 heavy (non-hydrogen) atoms. The number of hydrogen-bond acceptors (Lipinski definition) is 3. The van der Waals surface area contributed by atoms with Crippen LogP contribution in [0.3, 0.4) is 0 Å². The zero-order valence-corrected chi connectivity index (χ0v) is 10.7. The molecule has 5 nitrogen and oxygen atoms in total. The highest BCUT2D eigenvalue weighted by atomic mass is 16.2. The molecule has 1 aliphatic heterocycles. The molecule has 1 saturated heterocycles. The van der Waals surface area contributed by atoms with E-state index in [0.29, 0.717) is 13.0 Å². The Morgan fingerprint density at radius 1 is 1.35 bits per heavy atom. The molecule has 1 heterocycles. The van der Waals surface area contributed by atoms with Gasteiger partial charge in [0.2, 0.25) is 11.8 Å². The molecule has 0 aliphatic carbocycles. The molecule has 5 heteroatoms. The predicted octanol–water partition coefficient (Wildman–Crippen LogP) is 0.0984. The van der Waals surface area contributed by atoms with Gasteiger partial charge in [0.1, 0.15) is 6.04 Å². The first-order valence-corrected chi connectivity index (χ1v) is 6.39. The van der Waals surface area contributed by atoms with E-state index in [-0.39, 0.29) is 17.7 Å². The van der Waals surface area contributed by atoms with Crippen LogP contribution in [0, 0.1) is 5.92 Å². The second-order valence-electron chi connectivity index (χ2n) is 4.60. The molecule has 0 aromatic carbocycles. The molecule has 3 N–H and O–H groups in total. The van der Waals surface area contributed by atoms with Crippen LogP contribution in [0.5, 0.6) is 0 Å². The van der Waals surface area contributed by atoms with Crippen LogP contribution < -0.4 is 11.1 Å². The smallest absolute Gasteiger partial charge is 0.244 e. The summed E-state index contributed by atoms with van der Waals surface area (Å²) < 4.78 is 0. The molecule has 98 valence electrons. The van der Waals surface area contributed by atoms with Crippen molar-refractivity contribution in [2.75, 3.05) is 19.6 Å². The lowest BCUT2D eigenvalue weighted by atomic mass is 10.1. The first-order valence-electron chi connectivity index (χ1n) is 6.39. The molecule has 0 spiro atoms. The number of carbonyl (C=O) groups is 2. The zero-order chi connectivity index (χ0) is 12.8. The second-order valence-corrected chi connectivity index (χ2v) is 4.60. The minimum Gasteiger partial charge on any atom is -0.344 e. The van der Waals surface area contributed by atoms with Crippen molar-refractivity contribution in [2.45, 2.75) is 39.2 Å². The van der Waals surface area contributed by atoms with Gasteiger partial charge in [-0.2, -0.15) is 0 Å². The molecular formula is C12H23N3O2. The molecule has 2 atom stereocenters. The third-order valence-electron chi connectivity index (χ3n) is 3.30. The fourth-order valence-corrected chi connectivity index (χ4v) is 2.06. The Balaban J connectivity index is 2.44. The van der Waals surface area contributed by atoms with Crippen molar-refractivity contribution < 1.29 is 9.59 Å². The number of amides is 2. The summed E-state index contributed by atoms with van der Waals surface area (Å²) in [6.07, 6.45) is 2.83. The van der Waals surface area contributed by atoms with E-state index in [9.17, 15) is 9.59 Å². The summed E-state index contributed by atoms with van der Waals surface area (Å²) >= 11 is 0. The van der Waals surface area contributed by atoms with Crippen molar-refractivity contribution in [1.82, 2.24) is 10.2 Å². The Labute approximate surface area is 103 Å². The van der Waals surface area contributed by atoms with Gasteiger partial charge in [0.05, 0.1) is 0 Å². The van der Waals surface area contributed by atoms with Gasteiger partial charge >= 0.3 is 0 Å². The number of likely N-dealkylation sites (tertiary alicyclic amines) is 1. The number of nitrogens with zero attached hydrogens (tertiary/aromatic N) is 1. The van der Waals surface area contributed by atoms with E-state index >= 15 is 0 Å². The number of rotatable bonds is 5. The standard InChI is InChI=1S/C12H23N3O2/c1-3-10(8-13)11(16)14-9(2)12(17)15-6-4-5-7-15/h9-10H,3-8,13H2,1-2H3,(H,14,16). The summed E-state index contributed by atoms with van der Waals surface area (Å²) in [6, 6.07) is -0.443. The summed E-state index contributed by atoms with van der Waals surface area (Å²) in [5.74, 6) is -0.290. The predicted molar refractivity (Wildman–Crippen MR) is 66.3 cm³/mol. The van der Waals surface area contributed by atoms with E-state index in [2.05, 4.69) is 5.32 Å². The lowest BCUT2D eigenvalue weighted by Gasteiger charge is -2.22. The highest BCUT2D eigenvalue weighted by Crippen LogP contribution is 2.09. The van der Waals surface area contributed by atoms with Crippen LogP contribution in [-0.4, -0.2) is 42.4 Å². The molecule has 1 fully saturated rings. The van der Waals surface area contributed by atoms with Gasteiger partial charge < -0.3 is 16.0 Å². The molecule has 0 radical (unpaired) electrons. The van der Waals surface area contributed by atoms with Crippen molar-refractivity contribution in [3.8, 4) is 0 Å². The van der Waals surface area contributed by atoms with E-state index in [1.165, 1.54) is 0 Å². The van der Waals surface area contributed by atoms with Gasteiger partial charge in [0, 0.05) is 25.6 Å². The van der Waals surface area contributed by atoms with E-state index in [1.54, 1.807) is 6.92 Å². The Kier molecular flexibility index (Phi) is 5.41. The van der Waals surface area contributed by atoms with Gasteiger partial charge in [-0.25, -0.2) is 0 Å². The Bertz CT molecular complexity index is 271. The Morgan fingerprint density at radius 3 is 2.41 bits per heavy atom. The largest absolute Gasteiger partial charge is 0.344 e.